The van der Waals surface area contributed by atoms with Crippen molar-refractivity contribution < 1.29 is 19.1 Å². The van der Waals surface area contributed by atoms with E-state index in [1.165, 1.54) is 0 Å². The van der Waals surface area contributed by atoms with Gasteiger partial charge in [-0.15, -0.1) is 24.0 Å². The molecule has 1 heterocycles. The quantitative estimate of drug-likeness (QED) is 0.409. The van der Waals surface area contributed by atoms with Gasteiger partial charge in [-0.2, -0.15) is 0 Å². The van der Waals surface area contributed by atoms with E-state index in [2.05, 4.69) is 4.57 Å². The van der Waals surface area contributed by atoms with Crippen molar-refractivity contribution in [2.45, 2.75) is 6.54 Å². The summed E-state index contributed by atoms with van der Waals surface area (Å²) in [7, 11) is 1.99. The second kappa shape index (κ2) is 10.0. The first kappa shape index (κ1) is 15.8. The van der Waals surface area contributed by atoms with Crippen LogP contribution in [-0.4, -0.2) is 42.7 Å². The normalized spacial score (nSPS) is 10.1. The highest BCUT2D eigenvalue weighted by atomic mass is 127. The fourth-order valence-corrected chi connectivity index (χ4v) is 1.19. The van der Waals surface area contributed by atoms with Gasteiger partial charge in [-0.05, 0) is 0 Å². The van der Waals surface area contributed by atoms with Gasteiger partial charge in [-0.1, -0.05) is 0 Å². The number of aryl methyl sites for hydroxylation is 1. The maximum absolute atomic E-state index is 8.45. The molecule has 0 bridgehead atoms. The smallest absolute Gasteiger partial charge is 0.243 e. The monoisotopic (exact) mass is 343 g/mol. The van der Waals surface area contributed by atoms with E-state index < -0.39 is 0 Å². The first-order valence-electron chi connectivity index (χ1n) is 5.10. The highest BCUT2D eigenvalue weighted by Gasteiger charge is 1.98. The lowest BCUT2D eigenvalue weighted by Crippen LogP contribution is -2.24. The number of aliphatic hydroxyl groups is 1. The van der Waals surface area contributed by atoms with Crippen molar-refractivity contribution in [3.05, 3.63) is 18.7 Å². The van der Waals surface area contributed by atoms with Crippen LogP contribution in [0, 0.1) is 0 Å². The van der Waals surface area contributed by atoms with Gasteiger partial charge in [-0.25, -0.2) is 9.13 Å². The molecule has 6 heteroatoms. The Balaban J connectivity index is 0.00000225. The lowest BCUT2D eigenvalue weighted by atomic mass is 10.6. The van der Waals surface area contributed by atoms with Crippen LogP contribution in [0.3, 0.4) is 0 Å². The third kappa shape index (κ3) is 7.15. The standard InChI is InChI=1S/C10H19N2O3.HI/c1-11-2-3-12(10-11)4-6-14-8-9-15-7-5-13;/h2-3,10,13H,4-9H2,1H3;1H/q+1;. The maximum Gasteiger partial charge on any atom is 0.243 e. The van der Waals surface area contributed by atoms with E-state index in [4.69, 9.17) is 14.6 Å². The Morgan fingerprint density at radius 3 is 2.44 bits per heavy atom. The Morgan fingerprint density at radius 1 is 1.19 bits per heavy atom. The molecule has 0 aliphatic heterocycles. The van der Waals surface area contributed by atoms with Gasteiger partial charge in [0, 0.05) is 0 Å². The number of hydrogen-bond donors (Lipinski definition) is 1. The van der Waals surface area contributed by atoms with Gasteiger partial charge < -0.3 is 14.6 Å². The summed E-state index contributed by atoms with van der Waals surface area (Å²) >= 11 is 0. The van der Waals surface area contributed by atoms with Crippen molar-refractivity contribution in [2.24, 2.45) is 7.05 Å². The zero-order valence-corrected chi connectivity index (χ0v) is 11.9. The lowest BCUT2D eigenvalue weighted by Gasteiger charge is -2.03. The zero-order chi connectivity index (χ0) is 10.9. The Hall–Kier alpha value is -0.180. The Bertz CT molecular complexity index is 268. The molecule has 94 valence electrons. The number of ether oxygens (including phenoxy) is 2. The molecule has 0 amide bonds. The van der Waals surface area contributed by atoms with Gasteiger partial charge in [0.25, 0.3) is 0 Å². The third-order valence-corrected chi connectivity index (χ3v) is 1.93. The summed E-state index contributed by atoms with van der Waals surface area (Å²) in [5.41, 5.74) is 0. The molecule has 0 atom stereocenters. The van der Waals surface area contributed by atoms with Crippen LogP contribution in [0.5, 0.6) is 0 Å². The van der Waals surface area contributed by atoms with Gasteiger partial charge in [0.05, 0.1) is 40.1 Å². The number of halogens is 1. The number of nitrogens with zero attached hydrogens (tertiary/aromatic N) is 2. The minimum Gasteiger partial charge on any atom is -0.394 e. The van der Waals surface area contributed by atoms with Crippen molar-refractivity contribution >= 4 is 24.0 Å². The first-order valence-corrected chi connectivity index (χ1v) is 5.10. The molecule has 0 aliphatic carbocycles. The Labute approximate surface area is 113 Å². The van der Waals surface area contributed by atoms with E-state index in [1.807, 2.05) is 30.3 Å². The fraction of sp³-hybridized carbons (Fsp3) is 0.700. The van der Waals surface area contributed by atoms with Gasteiger partial charge in [0.15, 0.2) is 0 Å². The van der Waals surface area contributed by atoms with Crippen LogP contribution in [0.2, 0.25) is 0 Å². The predicted octanol–water partition coefficient (Wildman–Crippen LogP) is -0.0439. The SMILES string of the molecule is C[n+]1ccn(CCOCCOCCO)c1.I. The van der Waals surface area contributed by atoms with Crippen LogP contribution in [0.4, 0.5) is 0 Å². The molecule has 0 unspecified atom stereocenters. The molecule has 0 radical (unpaired) electrons. The summed E-state index contributed by atoms with van der Waals surface area (Å²) in [6.07, 6.45) is 6.00. The van der Waals surface area contributed by atoms with E-state index in [1.54, 1.807) is 0 Å². The molecule has 16 heavy (non-hydrogen) atoms. The minimum atomic E-state index is 0. The van der Waals surface area contributed by atoms with Crippen LogP contribution in [0.25, 0.3) is 0 Å². The van der Waals surface area contributed by atoms with Crippen LogP contribution in [0.1, 0.15) is 0 Å². The van der Waals surface area contributed by atoms with Crippen molar-refractivity contribution in [3.63, 3.8) is 0 Å². The van der Waals surface area contributed by atoms with Gasteiger partial charge in [-0.3, -0.25) is 0 Å². The summed E-state index contributed by atoms with van der Waals surface area (Å²) in [6, 6.07) is 0. The highest BCUT2D eigenvalue weighted by Crippen LogP contribution is 1.85. The summed E-state index contributed by atoms with van der Waals surface area (Å²) in [5.74, 6) is 0. The van der Waals surface area contributed by atoms with Crippen molar-refractivity contribution in [1.82, 2.24) is 4.57 Å². The van der Waals surface area contributed by atoms with Gasteiger partial charge >= 0.3 is 0 Å². The summed E-state index contributed by atoms with van der Waals surface area (Å²) in [5, 5.41) is 8.45. The van der Waals surface area contributed by atoms with E-state index in [0.717, 1.165) is 6.54 Å². The molecule has 1 rings (SSSR count). The molecule has 0 saturated carbocycles. The van der Waals surface area contributed by atoms with Crippen molar-refractivity contribution in [2.75, 3.05) is 33.0 Å². The predicted molar refractivity (Wildman–Crippen MR) is 69.7 cm³/mol. The third-order valence-electron chi connectivity index (χ3n) is 1.93. The molecule has 0 saturated heterocycles. The van der Waals surface area contributed by atoms with E-state index in [0.29, 0.717) is 26.4 Å². The molecular formula is C10H20IN2O3+. The zero-order valence-electron chi connectivity index (χ0n) is 9.54. The Morgan fingerprint density at radius 2 is 1.88 bits per heavy atom. The first-order chi connectivity index (χ1) is 7.33. The van der Waals surface area contributed by atoms with E-state index >= 15 is 0 Å². The summed E-state index contributed by atoms with van der Waals surface area (Å²) < 4.78 is 14.5. The van der Waals surface area contributed by atoms with Gasteiger partial charge in [0.1, 0.15) is 18.9 Å². The molecule has 1 N–H and O–H groups in total. The number of aromatic nitrogens is 2. The second-order valence-electron chi connectivity index (χ2n) is 3.27. The lowest BCUT2D eigenvalue weighted by molar-refractivity contribution is -0.671. The van der Waals surface area contributed by atoms with E-state index in [9.17, 15) is 0 Å². The number of hydrogen-bond acceptors (Lipinski definition) is 3. The molecular weight excluding hydrogens is 323 g/mol. The molecule has 1 aromatic rings. The average Bonchev–Trinajstić information content (AvgIpc) is 2.63. The summed E-state index contributed by atoms with van der Waals surface area (Å²) in [6.45, 7) is 3.10. The number of rotatable bonds is 8. The topological polar surface area (TPSA) is 47.5 Å². The molecule has 0 aromatic carbocycles. The largest absolute Gasteiger partial charge is 0.394 e. The van der Waals surface area contributed by atoms with Crippen LogP contribution >= 0.6 is 24.0 Å². The fourth-order valence-electron chi connectivity index (χ4n) is 1.19. The maximum atomic E-state index is 8.45. The number of aliphatic hydroxyl groups excluding tert-OH is 1. The molecule has 1 aromatic heterocycles. The molecule has 0 spiro atoms. The van der Waals surface area contributed by atoms with Crippen LogP contribution in [-0.2, 0) is 23.1 Å². The van der Waals surface area contributed by atoms with Crippen molar-refractivity contribution in [3.8, 4) is 0 Å². The molecule has 0 aliphatic rings. The van der Waals surface area contributed by atoms with E-state index in [-0.39, 0.29) is 30.6 Å². The molecule has 0 fully saturated rings. The van der Waals surface area contributed by atoms with Gasteiger partial charge in [0.2, 0.25) is 6.33 Å². The molecule has 5 nitrogen and oxygen atoms in total. The second-order valence-corrected chi connectivity index (χ2v) is 3.27. The average molecular weight is 343 g/mol. The highest BCUT2D eigenvalue weighted by molar-refractivity contribution is 14.0. The van der Waals surface area contributed by atoms with Crippen molar-refractivity contribution in [1.29, 1.82) is 0 Å². The summed E-state index contributed by atoms with van der Waals surface area (Å²) in [4.78, 5) is 0. The number of imidazole rings is 1. The minimum absolute atomic E-state index is 0. The van der Waals surface area contributed by atoms with Crippen LogP contribution in [0.15, 0.2) is 18.7 Å². The van der Waals surface area contributed by atoms with Crippen LogP contribution < -0.4 is 4.57 Å². The Kier molecular flexibility index (Phi) is 9.89.